The van der Waals surface area contributed by atoms with Gasteiger partial charge in [-0.1, -0.05) is 15.9 Å². The predicted octanol–water partition coefficient (Wildman–Crippen LogP) is 2.31. The van der Waals surface area contributed by atoms with Crippen LogP contribution >= 0.6 is 15.9 Å². The third-order valence-electron chi connectivity index (χ3n) is 3.02. The lowest BCUT2D eigenvalue weighted by Crippen LogP contribution is -2.43. The number of hydrogen-bond donors (Lipinski definition) is 1. The Balaban J connectivity index is 2.03. The molecule has 5 heteroatoms. The lowest BCUT2D eigenvalue weighted by molar-refractivity contribution is 0.517. The molecular formula is C12H14BrN3O. The monoisotopic (exact) mass is 295 g/mol. The largest absolute Gasteiger partial charge is 0.423 e. The van der Waals surface area contributed by atoms with Crippen molar-refractivity contribution in [2.24, 2.45) is 0 Å². The quantitative estimate of drug-likeness (QED) is 0.877. The fourth-order valence-corrected chi connectivity index (χ4v) is 2.70. The van der Waals surface area contributed by atoms with Crippen molar-refractivity contribution in [3.63, 3.8) is 0 Å². The van der Waals surface area contributed by atoms with E-state index < -0.39 is 0 Å². The second-order valence-electron chi connectivity index (χ2n) is 4.30. The van der Waals surface area contributed by atoms with Gasteiger partial charge in [-0.3, -0.25) is 0 Å². The average molecular weight is 296 g/mol. The van der Waals surface area contributed by atoms with Crippen LogP contribution in [0.25, 0.3) is 11.1 Å². The predicted molar refractivity (Wildman–Crippen MR) is 71.5 cm³/mol. The molecule has 4 nitrogen and oxygen atoms in total. The van der Waals surface area contributed by atoms with Gasteiger partial charge in [0.25, 0.3) is 6.01 Å². The second-order valence-corrected chi connectivity index (χ2v) is 5.22. The van der Waals surface area contributed by atoms with Crippen LogP contribution in [-0.4, -0.2) is 31.2 Å². The highest BCUT2D eigenvalue weighted by molar-refractivity contribution is 9.10. The fourth-order valence-electron chi connectivity index (χ4n) is 2.14. The van der Waals surface area contributed by atoms with Crippen LogP contribution < -0.4 is 10.2 Å². The van der Waals surface area contributed by atoms with Gasteiger partial charge in [0, 0.05) is 30.7 Å². The van der Waals surface area contributed by atoms with Gasteiger partial charge in [-0.25, -0.2) is 0 Å². The summed E-state index contributed by atoms with van der Waals surface area (Å²) >= 11 is 3.48. The third-order valence-corrected chi connectivity index (χ3v) is 3.47. The molecule has 3 rings (SSSR count). The summed E-state index contributed by atoms with van der Waals surface area (Å²) in [7, 11) is 0. The van der Waals surface area contributed by atoms with Gasteiger partial charge in [0.1, 0.15) is 5.52 Å². The molecule has 0 bridgehead atoms. The maximum absolute atomic E-state index is 5.86. The summed E-state index contributed by atoms with van der Waals surface area (Å²) in [6.07, 6.45) is 0. The van der Waals surface area contributed by atoms with Gasteiger partial charge in [0.05, 0.1) is 0 Å². The summed E-state index contributed by atoms with van der Waals surface area (Å²) in [6.45, 7) is 5.92. The molecule has 1 aliphatic rings. The van der Waals surface area contributed by atoms with E-state index in [1.165, 1.54) is 0 Å². The van der Waals surface area contributed by atoms with Crippen LogP contribution in [0.5, 0.6) is 0 Å². The van der Waals surface area contributed by atoms with Crippen LogP contribution in [0.15, 0.2) is 21.0 Å². The number of oxazole rings is 1. The maximum Gasteiger partial charge on any atom is 0.298 e. The molecule has 1 fully saturated rings. The first-order valence-electron chi connectivity index (χ1n) is 5.76. The molecular weight excluding hydrogens is 282 g/mol. The number of benzene rings is 1. The zero-order valence-electron chi connectivity index (χ0n) is 9.66. The molecule has 1 N–H and O–H groups in total. The molecule has 1 saturated heterocycles. The van der Waals surface area contributed by atoms with Crippen molar-refractivity contribution in [2.75, 3.05) is 31.1 Å². The lowest BCUT2D eigenvalue weighted by Gasteiger charge is -2.25. The van der Waals surface area contributed by atoms with Crippen molar-refractivity contribution in [3.8, 4) is 0 Å². The van der Waals surface area contributed by atoms with Gasteiger partial charge in [-0.2, -0.15) is 4.98 Å². The molecule has 2 heterocycles. The van der Waals surface area contributed by atoms with Crippen molar-refractivity contribution >= 4 is 33.0 Å². The van der Waals surface area contributed by atoms with Gasteiger partial charge < -0.3 is 14.6 Å². The van der Waals surface area contributed by atoms with Crippen molar-refractivity contribution in [3.05, 3.63) is 22.2 Å². The molecule has 0 atom stereocenters. The molecule has 90 valence electrons. The van der Waals surface area contributed by atoms with E-state index in [1.807, 2.05) is 13.0 Å². The number of piperazine rings is 1. The van der Waals surface area contributed by atoms with E-state index in [0.717, 1.165) is 53.3 Å². The molecule has 0 saturated carbocycles. The number of rotatable bonds is 1. The molecule has 2 aromatic rings. The molecule has 1 aromatic carbocycles. The number of aryl methyl sites for hydroxylation is 1. The number of halogens is 1. The Bertz CT molecular complexity index is 546. The third kappa shape index (κ3) is 2.05. The first-order valence-corrected chi connectivity index (χ1v) is 6.56. The molecule has 0 unspecified atom stereocenters. The smallest absolute Gasteiger partial charge is 0.298 e. The molecule has 0 radical (unpaired) electrons. The summed E-state index contributed by atoms with van der Waals surface area (Å²) < 4.78 is 6.90. The van der Waals surface area contributed by atoms with E-state index in [0.29, 0.717) is 0 Å². The molecule has 0 amide bonds. The lowest BCUT2D eigenvalue weighted by atomic mass is 10.2. The van der Waals surface area contributed by atoms with Crippen molar-refractivity contribution in [1.82, 2.24) is 10.3 Å². The summed E-state index contributed by atoms with van der Waals surface area (Å²) in [4.78, 5) is 6.74. The Kier molecular flexibility index (Phi) is 2.80. The van der Waals surface area contributed by atoms with Gasteiger partial charge >= 0.3 is 0 Å². The van der Waals surface area contributed by atoms with E-state index >= 15 is 0 Å². The molecule has 0 aliphatic carbocycles. The van der Waals surface area contributed by atoms with Crippen LogP contribution in [0.1, 0.15) is 5.56 Å². The minimum atomic E-state index is 0.739. The molecule has 1 aliphatic heterocycles. The Morgan fingerprint density at radius 1 is 1.35 bits per heavy atom. The Labute approximate surface area is 108 Å². The normalized spacial score (nSPS) is 16.7. The van der Waals surface area contributed by atoms with Crippen LogP contribution in [0.2, 0.25) is 0 Å². The van der Waals surface area contributed by atoms with Crippen molar-refractivity contribution < 1.29 is 4.42 Å². The van der Waals surface area contributed by atoms with Crippen molar-refractivity contribution in [2.45, 2.75) is 6.92 Å². The summed E-state index contributed by atoms with van der Waals surface area (Å²) in [5, 5.41) is 3.32. The highest BCUT2D eigenvalue weighted by atomic mass is 79.9. The number of nitrogens with one attached hydrogen (secondary N) is 1. The first-order chi connectivity index (χ1) is 8.24. The fraction of sp³-hybridized carbons (Fsp3) is 0.417. The van der Waals surface area contributed by atoms with E-state index in [9.17, 15) is 0 Å². The zero-order chi connectivity index (χ0) is 11.8. The van der Waals surface area contributed by atoms with E-state index in [-0.39, 0.29) is 0 Å². The minimum Gasteiger partial charge on any atom is -0.423 e. The minimum absolute atomic E-state index is 0.739. The second kappa shape index (κ2) is 4.31. The highest BCUT2D eigenvalue weighted by Gasteiger charge is 2.17. The summed E-state index contributed by atoms with van der Waals surface area (Å²) in [5.74, 6) is 0. The van der Waals surface area contributed by atoms with Crippen LogP contribution in [-0.2, 0) is 0 Å². The van der Waals surface area contributed by atoms with E-state index in [2.05, 4.69) is 37.2 Å². The topological polar surface area (TPSA) is 41.3 Å². The summed E-state index contributed by atoms with van der Waals surface area (Å²) in [6, 6.07) is 4.79. The summed E-state index contributed by atoms with van der Waals surface area (Å²) in [5.41, 5.74) is 2.93. The van der Waals surface area contributed by atoms with Gasteiger partial charge in [0.2, 0.25) is 0 Å². The number of hydrogen-bond acceptors (Lipinski definition) is 4. The maximum atomic E-state index is 5.86. The Morgan fingerprint density at radius 2 is 2.12 bits per heavy atom. The SMILES string of the molecule is Cc1cc(Br)cc2nc(N3CCNCC3)oc12. The van der Waals surface area contributed by atoms with Crippen LogP contribution in [0.3, 0.4) is 0 Å². The Hall–Kier alpha value is -1.07. The molecule has 17 heavy (non-hydrogen) atoms. The average Bonchev–Trinajstić information content (AvgIpc) is 2.74. The molecule has 0 spiro atoms. The standard InChI is InChI=1S/C12H14BrN3O/c1-8-6-9(13)7-10-11(8)17-12(15-10)16-4-2-14-3-5-16/h6-7,14H,2-5H2,1H3. The van der Waals surface area contributed by atoms with Gasteiger partial charge in [0.15, 0.2) is 5.58 Å². The number of fused-ring (bicyclic) bond motifs is 1. The number of anilines is 1. The van der Waals surface area contributed by atoms with Crippen molar-refractivity contribution in [1.29, 1.82) is 0 Å². The van der Waals surface area contributed by atoms with E-state index in [1.54, 1.807) is 0 Å². The Morgan fingerprint density at radius 3 is 2.88 bits per heavy atom. The van der Waals surface area contributed by atoms with Crippen LogP contribution in [0, 0.1) is 6.92 Å². The number of aromatic nitrogens is 1. The van der Waals surface area contributed by atoms with Crippen LogP contribution in [0.4, 0.5) is 6.01 Å². The first kappa shape index (κ1) is 11.0. The highest BCUT2D eigenvalue weighted by Crippen LogP contribution is 2.28. The number of nitrogens with zero attached hydrogens (tertiary/aromatic N) is 2. The zero-order valence-corrected chi connectivity index (χ0v) is 11.2. The van der Waals surface area contributed by atoms with E-state index in [4.69, 9.17) is 4.42 Å². The van der Waals surface area contributed by atoms with Gasteiger partial charge in [-0.05, 0) is 24.6 Å². The van der Waals surface area contributed by atoms with Gasteiger partial charge in [-0.15, -0.1) is 0 Å². The molecule has 1 aromatic heterocycles.